The van der Waals surface area contributed by atoms with Gasteiger partial charge in [0, 0.05) is 25.5 Å². The topological polar surface area (TPSA) is 86.7 Å². The molecular weight excluding hydrogens is 398 g/mol. The molecule has 0 N–H and O–H groups in total. The molecule has 2 aliphatic rings. The van der Waals surface area contributed by atoms with Crippen LogP contribution in [0.3, 0.4) is 0 Å². The summed E-state index contributed by atoms with van der Waals surface area (Å²) in [6.45, 7) is 5.02. The molecule has 0 fully saturated rings. The number of nitrogens with zero attached hydrogens (tertiary/aromatic N) is 5. The van der Waals surface area contributed by atoms with Crippen LogP contribution in [0.4, 0.5) is 5.00 Å². The lowest BCUT2D eigenvalue weighted by atomic mass is 10.0. The summed E-state index contributed by atoms with van der Waals surface area (Å²) in [5.74, 6) is -0.179. The van der Waals surface area contributed by atoms with Crippen LogP contribution >= 0.6 is 22.9 Å². The van der Waals surface area contributed by atoms with Crippen molar-refractivity contribution in [3.05, 3.63) is 26.6 Å². The molecule has 0 aliphatic carbocycles. The molecule has 0 saturated carbocycles. The molecule has 0 bridgehead atoms. The van der Waals surface area contributed by atoms with E-state index in [0.717, 1.165) is 27.7 Å². The molecule has 3 amide bonds. The van der Waals surface area contributed by atoms with Crippen molar-refractivity contribution in [3.63, 3.8) is 0 Å². The van der Waals surface area contributed by atoms with Crippen LogP contribution in [0.25, 0.3) is 0 Å². The van der Waals surface area contributed by atoms with Gasteiger partial charge in [-0.3, -0.25) is 14.4 Å². The monoisotopic (exact) mass is 419 g/mol. The van der Waals surface area contributed by atoms with Crippen molar-refractivity contribution in [2.75, 3.05) is 32.1 Å². The Balaban J connectivity index is 1.67. The van der Waals surface area contributed by atoms with Crippen molar-refractivity contribution in [2.45, 2.75) is 32.7 Å². The first-order chi connectivity index (χ1) is 13.3. The number of hydrogen-bond donors (Lipinski definition) is 0. The standard InChI is InChI=1S/C18H21N5O3S2/c1-9(2)14-15(28-20-19-14)17(26)23-6-5-10-11(7-23)27-18-13(10)16(25)21(3)8-12(24)22(18)4/h9H,5-8H2,1-4H3. The molecule has 0 unspecified atom stereocenters. The third kappa shape index (κ3) is 2.91. The Labute approximate surface area is 170 Å². The highest BCUT2D eigenvalue weighted by Gasteiger charge is 2.36. The van der Waals surface area contributed by atoms with Crippen LogP contribution < -0.4 is 4.90 Å². The van der Waals surface area contributed by atoms with Gasteiger partial charge in [-0.1, -0.05) is 18.3 Å². The summed E-state index contributed by atoms with van der Waals surface area (Å²) >= 11 is 2.56. The Bertz CT molecular complexity index is 980. The molecule has 2 aromatic heterocycles. The number of rotatable bonds is 2. The molecule has 28 heavy (non-hydrogen) atoms. The van der Waals surface area contributed by atoms with Gasteiger partial charge in [-0.15, -0.1) is 16.4 Å². The fourth-order valence-electron chi connectivity index (χ4n) is 3.57. The SMILES string of the molecule is CC(C)c1nnsc1C(=O)N1CCc2c(sc3c2C(=O)N(C)CC(=O)N3C)C1. The van der Waals surface area contributed by atoms with Crippen molar-refractivity contribution in [1.29, 1.82) is 0 Å². The summed E-state index contributed by atoms with van der Waals surface area (Å²) in [5.41, 5.74) is 2.31. The number of aromatic nitrogens is 2. The molecule has 0 radical (unpaired) electrons. The molecule has 2 aliphatic heterocycles. The summed E-state index contributed by atoms with van der Waals surface area (Å²) in [6.07, 6.45) is 0.595. The van der Waals surface area contributed by atoms with E-state index < -0.39 is 0 Å². The second-order valence-corrected chi connectivity index (χ2v) is 9.25. The first kappa shape index (κ1) is 19.0. The minimum absolute atomic E-state index is 0.0687. The molecule has 148 valence electrons. The minimum Gasteiger partial charge on any atom is -0.332 e. The lowest BCUT2D eigenvalue weighted by Crippen LogP contribution is -2.37. The lowest BCUT2D eigenvalue weighted by molar-refractivity contribution is -0.118. The van der Waals surface area contributed by atoms with E-state index in [1.165, 1.54) is 16.2 Å². The zero-order valence-corrected chi connectivity index (χ0v) is 17.8. The summed E-state index contributed by atoms with van der Waals surface area (Å²) in [5, 5.41) is 4.79. The second-order valence-electron chi connectivity index (χ2n) is 7.42. The van der Waals surface area contributed by atoms with E-state index in [1.54, 1.807) is 23.9 Å². The van der Waals surface area contributed by atoms with Gasteiger partial charge in [-0.2, -0.15) is 0 Å². The van der Waals surface area contributed by atoms with Crippen LogP contribution in [-0.4, -0.2) is 64.3 Å². The maximum absolute atomic E-state index is 13.0. The van der Waals surface area contributed by atoms with Gasteiger partial charge in [0.2, 0.25) is 5.91 Å². The van der Waals surface area contributed by atoms with E-state index >= 15 is 0 Å². The summed E-state index contributed by atoms with van der Waals surface area (Å²) in [7, 11) is 3.35. The maximum Gasteiger partial charge on any atom is 0.267 e. The molecule has 4 rings (SSSR count). The highest BCUT2D eigenvalue weighted by Crippen LogP contribution is 2.41. The molecule has 0 aromatic carbocycles. The summed E-state index contributed by atoms with van der Waals surface area (Å²) in [4.78, 5) is 44.6. The number of amides is 3. The second kappa shape index (κ2) is 6.93. The van der Waals surface area contributed by atoms with Crippen LogP contribution in [0.1, 0.15) is 55.9 Å². The molecule has 0 spiro atoms. The molecule has 4 heterocycles. The normalized spacial score (nSPS) is 17.1. The largest absolute Gasteiger partial charge is 0.332 e. The van der Waals surface area contributed by atoms with Gasteiger partial charge in [0.1, 0.15) is 16.4 Å². The summed E-state index contributed by atoms with van der Waals surface area (Å²) in [6, 6.07) is 0. The Kier molecular flexibility index (Phi) is 4.70. The molecule has 8 nitrogen and oxygen atoms in total. The van der Waals surface area contributed by atoms with E-state index in [0.29, 0.717) is 35.0 Å². The van der Waals surface area contributed by atoms with Gasteiger partial charge >= 0.3 is 0 Å². The fourth-order valence-corrected chi connectivity index (χ4v) is 5.69. The van der Waals surface area contributed by atoms with Crippen LogP contribution in [-0.2, 0) is 17.8 Å². The zero-order chi connectivity index (χ0) is 20.2. The Morgan fingerprint density at radius 3 is 2.64 bits per heavy atom. The van der Waals surface area contributed by atoms with E-state index in [-0.39, 0.29) is 30.2 Å². The van der Waals surface area contributed by atoms with Crippen molar-refractivity contribution >= 4 is 45.6 Å². The third-order valence-electron chi connectivity index (χ3n) is 5.19. The average molecular weight is 420 g/mol. The van der Waals surface area contributed by atoms with Gasteiger partial charge in [0.05, 0.1) is 17.8 Å². The van der Waals surface area contributed by atoms with Crippen molar-refractivity contribution in [2.24, 2.45) is 0 Å². The fraction of sp³-hybridized carbons (Fsp3) is 0.500. The van der Waals surface area contributed by atoms with Gasteiger partial charge in [-0.25, -0.2) is 0 Å². The first-order valence-corrected chi connectivity index (χ1v) is 10.7. The highest BCUT2D eigenvalue weighted by atomic mass is 32.1. The highest BCUT2D eigenvalue weighted by molar-refractivity contribution is 7.17. The van der Waals surface area contributed by atoms with Gasteiger partial charge < -0.3 is 14.7 Å². The van der Waals surface area contributed by atoms with E-state index in [2.05, 4.69) is 9.59 Å². The predicted octanol–water partition coefficient (Wildman–Crippen LogP) is 1.97. The van der Waals surface area contributed by atoms with Crippen molar-refractivity contribution < 1.29 is 14.4 Å². The molecule has 0 atom stereocenters. The molecule has 2 aromatic rings. The number of anilines is 1. The minimum atomic E-state index is -0.126. The lowest BCUT2D eigenvalue weighted by Gasteiger charge is -2.27. The smallest absolute Gasteiger partial charge is 0.267 e. The predicted molar refractivity (Wildman–Crippen MR) is 107 cm³/mol. The Hall–Kier alpha value is -2.33. The van der Waals surface area contributed by atoms with Crippen molar-refractivity contribution in [3.8, 4) is 0 Å². The van der Waals surface area contributed by atoms with Crippen LogP contribution in [0.2, 0.25) is 0 Å². The van der Waals surface area contributed by atoms with Crippen LogP contribution in [0.5, 0.6) is 0 Å². The number of likely N-dealkylation sites (N-methyl/N-ethyl adjacent to an activating group) is 2. The van der Waals surface area contributed by atoms with E-state index in [9.17, 15) is 14.4 Å². The molecule has 0 saturated heterocycles. The van der Waals surface area contributed by atoms with E-state index in [1.807, 2.05) is 13.8 Å². The number of carbonyl (C=O) groups excluding carboxylic acids is 3. The van der Waals surface area contributed by atoms with Gasteiger partial charge in [-0.05, 0) is 29.4 Å². The molecular formula is C18H21N5O3S2. The maximum atomic E-state index is 13.0. The number of hydrogen-bond acceptors (Lipinski definition) is 7. The van der Waals surface area contributed by atoms with Crippen LogP contribution in [0.15, 0.2) is 0 Å². The average Bonchev–Trinajstić information content (AvgIpc) is 3.28. The molecule has 10 heteroatoms. The quantitative estimate of drug-likeness (QED) is 0.743. The summed E-state index contributed by atoms with van der Waals surface area (Å²) < 4.78 is 3.96. The van der Waals surface area contributed by atoms with Gasteiger partial charge in [0.15, 0.2) is 0 Å². The van der Waals surface area contributed by atoms with Gasteiger partial charge in [0.25, 0.3) is 11.8 Å². The number of thiophene rings is 1. The van der Waals surface area contributed by atoms with E-state index in [4.69, 9.17) is 0 Å². The Morgan fingerprint density at radius 2 is 1.93 bits per heavy atom. The number of carbonyl (C=O) groups is 3. The Morgan fingerprint density at radius 1 is 1.18 bits per heavy atom. The van der Waals surface area contributed by atoms with Crippen LogP contribution in [0, 0.1) is 0 Å². The number of fused-ring (bicyclic) bond motifs is 3. The zero-order valence-electron chi connectivity index (χ0n) is 16.2. The third-order valence-corrected chi connectivity index (χ3v) is 7.21. The van der Waals surface area contributed by atoms with Crippen molar-refractivity contribution in [1.82, 2.24) is 19.4 Å². The first-order valence-electron chi connectivity index (χ1n) is 9.07.